The zero-order chi connectivity index (χ0) is 12.1. The van der Waals surface area contributed by atoms with Gasteiger partial charge in [-0.1, -0.05) is 6.07 Å². The van der Waals surface area contributed by atoms with Crippen molar-refractivity contribution in [2.45, 2.75) is 10.8 Å². The third-order valence-corrected chi connectivity index (χ3v) is 3.29. The second-order valence-electron chi connectivity index (χ2n) is 3.42. The fourth-order valence-electron chi connectivity index (χ4n) is 1.31. The van der Waals surface area contributed by atoms with Gasteiger partial charge in [-0.2, -0.15) is 0 Å². The maximum atomic E-state index is 5.69. The predicted octanol–water partition coefficient (Wildman–Crippen LogP) is 4.33. The Balaban J connectivity index is 2.08. The standard InChI is InChI=1S/C13H12ClNOS/c1-17-12-5-3-11(4-6-12)16-13-7-2-10(8-14)9-15-13/h2-7,9H,8H2,1H3. The highest BCUT2D eigenvalue weighted by molar-refractivity contribution is 7.98. The van der Waals surface area contributed by atoms with Crippen LogP contribution >= 0.6 is 23.4 Å². The predicted molar refractivity (Wildman–Crippen MR) is 72.1 cm³/mol. The topological polar surface area (TPSA) is 22.1 Å². The lowest BCUT2D eigenvalue weighted by atomic mass is 10.3. The molecule has 0 aliphatic heterocycles. The molecule has 0 unspecified atom stereocenters. The zero-order valence-electron chi connectivity index (χ0n) is 9.39. The Morgan fingerprint density at radius 3 is 2.47 bits per heavy atom. The third-order valence-electron chi connectivity index (χ3n) is 2.23. The largest absolute Gasteiger partial charge is 0.439 e. The summed E-state index contributed by atoms with van der Waals surface area (Å²) in [6.45, 7) is 0. The first-order valence-corrected chi connectivity index (χ1v) is 6.90. The third kappa shape index (κ3) is 3.38. The lowest BCUT2D eigenvalue weighted by Gasteiger charge is -2.05. The van der Waals surface area contributed by atoms with E-state index >= 15 is 0 Å². The highest BCUT2D eigenvalue weighted by atomic mass is 35.5. The van der Waals surface area contributed by atoms with Gasteiger partial charge in [0.15, 0.2) is 0 Å². The van der Waals surface area contributed by atoms with E-state index in [9.17, 15) is 0 Å². The number of hydrogen-bond donors (Lipinski definition) is 0. The number of rotatable bonds is 4. The Morgan fingerprint density at radius 2 is 1.94 bits per heavy atom. The van der Waals surface area contributed by atoms with E-state index in [1.54, 1.807) is 18.0 Å². The minimum absolute atomic E-state index is 0.468. The van der Waals surface area contributed by atoms with E-state index in [2.05, 4.69) is 4.98 Å². The monoisotopic (exact) mass is 265 g/mol. The van der Waals surface area contributed by atoms with Gasteiger partial charge in [0.1, 0.15) is 5.75 Å². The summed E-state index contributed by atoms with van der Waals surface area (Å²) in [5.41, 5.74) is 0.983. The van der Waals surface area contributed by atoms with Crippen molar-refractivity contribution in [1.82, 2.24) is 4.98 Å². The summed E-state index contributed by atoms with van der Waals surface area (Å²) < 4.78 is 5.61. The molecule has 0 spiro atoms. The molecular weight excluding hydrogens is 254 g/mol. The molecule has 0 atom stereocenters. The van der Waals surface area contributed by atoms with Crippen LogP contribution in [0.1, 0.15) is 5.56 Å². The molecule has 2 nitrogen and oxygen atoms in total. The number of aromatic nitrogens is 1. The fraction of sp³-hybridized carbons (Fsp3) is 0.154. The summed E-state index contributed by atoms with van der Waals surface area (Å²) in [6.07, 6.45) is 3.76. The molecule has 0 N–H and O–H groups in total. The van der Waals surface area contributed by atoms with Crippen LogP contribution in [0.5, 0.6) is 11.6 Å². The van der Waals surface area contributed by atoms with Crippen LogP contribution in [0, 0.1) is 0 Å². The summed E-state index contributed by atoms with van der Waals surface area (Å²) in [6, 6.07) is 11.6. The molecule has 1 aromatic carbocycles. The van der Waals surface area contributed by atoms with Crippen LogP contribution in [0.15, 0.2) is 47.5 Å². The van der Waals surface area contributed by atoms with Gasteiger partial charge in [0.05, 0.1) is 0 Å². The number of pyridine rings is 1. The van der Waals surface area contributed by atoms with E-state index < -0.39 is 0 Å². The van der Waals surface area contributed by atoms with Gasteiger partial charge in [-0.3, -0.25) is 0 Å². The molecule has 2 aromatic rings. The quantitative estimate of drug-likeness (QED) is 0.607. The molecule has 0 radical (unpaired) electrons. The van der Waals surface area contributed by atoms with Crippen molar-refractivity contribution in [2.24, 2.45) is 0 Å². The van der Waals surface area contributed by atoms with Crippen LogP contribution in [-0.2, 0) is 5.88 Å². The second-order valence-corrected chi connectivity index (χ2v) is 4.56. The fourth-order valence-corrected chi connectivity index (χ4v) is 1.88. The van der Waals surface area contributed by atoms with Gasteiger partial charge >= 0.3 is 0 Å². The number of thioether (sulfide) groups is 1. The van der Waals surface area contributed by atoms with Crippen molar-refractivity contribution in [1.29, 1.82) is 0 Å². The summed E-state index contributed by atoms with van der Waals surface area (Å²) in [5.74, 6) is 1.83. The van der Waals surface area contributed by atoms with E-state index in [-0.39, 0.29) is 0 Å². The molecule has 1 aromatic heterocycles. The number of benzene rings is 1. The number of nitrogens with zero attached hydrogens (tertiary/aromatic N) is 1. The molecule has 0 bridgehead atoms. The first kappa shape index (κ1) is 12.3. The average molecular weight is 266 g/mol. The number of hydrogen-bond acceptors (Lipinski definition) is 3. The van der Waals surface area contributed by atoms with Gasteiger partial charge in [-0.05, 0) is 36.1 Å². The van der Waals surface area contributed by atoms with E-state index in [1.807, 2.05) is 42.7 Å². The van der Waals surface area contributed by atoms with Gasteiger partial charge in [0, 0.05) is 23.0 Å². The van der Waals surface area contributed by atoms with Crippen LogP contribution in [0.3, 0.4) is 0 Å². The maximum absolute atomic E-state index is 5.69. The Bertz CT molecular complexity index is 424. The van der Waals surface area contributed by atoms with Crippen molar-refractivity contribution in [3.8, 4) is 11.6 Å². The van der Waals surface area contributed by atoms with Crippen molar-refractivity contribution in [2.75, 3.05) is 6.26 Å². The molecule has 88 valence electrons. The van der Waals surface area contributed by atoms with E-state index in [1.165, 1.54) is 4.90 Å². The Morgan fingerprint density at radius 1 is 1.18 bits per heavy atom. The summed E-state index contributed by atoms with van der Waals surface area (Å²) in [5, 5.41) is 0. The smallest absolute Gasteiger partial charge is 0.219 e. The van der Waals surface area contributed by atoms with Gasteiger partial charge in [0.2, 0.25) is 5.88 Å². The number of ether oxygens (including phenoxy) is 1. The van der Waals surface area contributed by atoms with Crippen LogP contribution in [-0.4, -0.2) is 11.2 Å². The first-order chi connectivity index (χ1) is 8.31. The highest BCUT2D eigenvalue weighted by Gasteiger charge is 1.99. The Hall–Kier alpha value is -1.19. The van der Waals surface area contributed by atoms with E-state index in [0.29, 0.717) is 11.8 Å². The van der Waals surface area contributed by atoms with Crippen molar-refractivity contribution >= 4 is 23.4 Å². The van der Waals surface area contributed by atoms with Crippen LogP contribution in [0.4, 0.5) is 0 Å². The normalized spacial score (nSPS) is 10.2. The van der Waals surface area contributed by atoms with Gasteiger partial charge in [0.25, 0.3) is 0 Å². The van der Waals surface area contributed by atoms with Crippen LogP contribution in [0.2, 0.25) is 0 Å². The SMILES string of the molecule is CSc1ccc(Oc2ccc(CCl)cn2)cc1. The Kier molecular flexibility index (Phi) is 4.29. The summed E-state index contributed by atoms with van der Waals surface area (Å²) in [4.78, 5) is 5.39. The molecule has 0 aliphatic carbocycles. The first-order valence-electron chi connectivity index (χ1n) is 5.14. The lowest BCUT2D eigenvalue weighted by molar-refractivity contribution is 0.462. The van der Waals surface area contributed by atoms with Gasteiger partial charge in [-0.15, -0.1) is 23.4 Å². The molecule has 17 heavy (non-hydrogen) atoms. The molecule has 0 amide bonds. The highest BCUT2D eigenvalue weighted by Crippen LogP contribution is 2.23. The van der Waals surface area contributed by atoms with Crippen LogP contribution in [0.25, 0.3) is 0 Å². The Labute approximate surface area is 110 Å². The summed E-state index contributed by atoms with van der Waals surface area (Å²) in [7, 11) is 0. The second kappa shape index (κ2) is 5.94. The van der Waals surface area contributed by atoms with Gasteiger partial charge in [-0.25, -0.2) is 4.98 Å². The number of alkyl halides is 1. The van der Waals surface area contributed by atoms with E-state index in [0.717, 1.165) is 11.3 Å². The van der Waals surface area contributed by atoms with Crippen LogP contribution < -0.4 is 4.74 Å². The minimum atomic E-state index is 0.468. The number of halogens is 1. The molecule has 2 rings (SSSR count). The maximum Gasteiger partial charge on any atom is 0.219 e. The molecule has 0 saturated carbocycles. The van der Waals surface area contributed by atoms with Gasteiger partial charge < -0.3 is 4.74 Å². The molecule has 0 saturated heterocycles. The summed E-state index contributed by atoms with van der Waals surface area (Å²) >= 11 is 7.39. The molecule has 0 fully saturated rings. The molecular formula is C13H12ClNOS. The minimum Gasteiger partial charge on any atom is -0.439 e. The molecule has 0 aliphatic rings. The molecule has 4 heteroatoms. The zero-order valence-corrected chi connectivity index (χ0v) is 11.0. The van der Waals surface area contributed by atoms with E-state index in [4.69, 9.17) is 16.3 Å². The molecule has 1 heterocycles. The van der Waals surface area contributed by atoms with Crippen molar-refractivity contribution in [3.63, 3.8) is 0 Å². The van der Waals surface area contributed by atoms with Crippen molar-refractivity contribution < 1.29 is 4.74 Å². The average Bonchev–Trinajstić information content (AvgIpc) is 2.40. The lowest BCUT2D eigenvalue weighted by Crippen LogP contribution is -1.88. The van der Waals surface area contributed by atoms with Crippen molar-refractivity contribution in [3.05, 3.63) is 48.2 Å².